The van der Waals surface area contributed by atoms with E-state index in [-0.39, 0.29) is 4.75 Å². The minimum absolute atomic E-state index is 0.197. The molecule has 2 N–H and O–H groups in total. The maximum absolute atomic E-state index is 5.26. The van der Waals surface area contributed by atoms with E-state index in [0.717, 1.165) is 12.2 Å². The van der Waals surface area contributed by atoms with Crippen LogP contribution in [0.1, 0.15) is 33.3 Å². The first kappa shape index (κ1) is 13.4. The Labute approximate surface area is 103 Å². The van der Waals surface area contributed by atoms with Gasteiger partial charge in [0.25, 0.3) is 0 Å². The van der Waals surface area contributed by atoms with E-state index in [4.69, 9.17) is 10.7 Å². The smallest absolute Gasteiger partial charge is 0.150 e. The molecule has 0 spiro atoms. The standard InChI is InChI=1S/C13H21NOS/c1-10(2)16-13(3,4)9-11-7-5-6-8-12(11)15-14/h5-8,10H,9,14H2,1-4H3. The molecule has 2 nitrogen and oxygen atoms in total. The third-order valence-corrected chi connectivity index (χ3v) is 3.52. The van der Waals surface area contributed by atoms with Crippen molar-refractivity contribution in [3.05, 3.63) is 29.8 Å². The first-order valence-corrected chi connectivity index (χ1v) is 6.45. The molecule has 0 aliphatic heterocycles. The van der Waals surface area contributed by atoms with Crippen molar-refractivity contribution in [2.24, 2.45) is 5.90 Å². The molecule has 0 saturated heterocycles. The van der Waals surface area contributed by atoms with Gasteiger partial charge in [-0.15, -0.1) is 0 Å². The fourth-order valence-electron chi connectivity index (χ4n) is 1.90. The van der Waals surface area contributed by atoms with Crippen molar-refractivity contribution in [3.63, 3.8) is 0 Å². The third kappa shape index (κ3) is 4.06. The van der Waals surface area contributed by atoms with E-state index in [2.05, 4.69) is 33.8 Å². The summed E-state index contributed by atoms with van der Waals surface area (Å²) >= 11 is 1.97. The van der Waals surface area contributed by atoms with Gasteiger partial charge >= 0.3 is 0 Å². The van der Waals surface area contributed by atoms with Crippen molar-refractivity contribution in [1.29, 1.82) is 0 Å². The van der Waals surface area contributed by atoms with Crippen LogP contribution in [0.3, 0.4) is 0 Å². The lowest BCUT2D eigenvalue weighted by Gasteiger charge is -2.26. The molecule has 0 aromatic heterocycles. The molecule has 0 aliphatic carbocycles. The molecular weight excluding hydrogens is 218 g/mol. The summed E-state index contributed by atoms with van der Waals surface area (Å²) < 4.78 is 0.197. The summed E-state index contributed by atoms with van der Waals surface area (Å²) in [6.07, 6.45) is 0.962. The number of benzene rings is 1. The van der Waals surface area contributed by atoms with Crippen LogP contribution in [-0.2, 0) is 6.42 Å². The van der Waals surface area contributed by atoms with Gasteiger partial charge in [0.05, 0.1) is 0 Å². The molecule has 0 atom stereocenters. The first-order chi connectivity index (χ1) is 7.44. The minimum atomic E-state index is 0.197. The molecule has 0 amide bonds. The van der Waals surface area contributed by atoms with Crippen molar-refractivity contribution >= 4 is 11.8 Å². The zero-order valence-electron chi connectivity index (χ0n) is 10.5. The molecule has 0 fully saturated rings. The van der Waals surface area contributed by atoms with Gasteiger partial charge in [0.15, 0.2) is 0 Å². The molecule has 0 unspecified atom stereocenters. The molecule has 3 heteroatoms. The fourth-order valence-corrected chi connectivity index (χ4v) is 3.42. The molecular formula is C13H21NOS. The molecule has 0 saturated carbocycles. The second-order valence-corrected chi connectivity index (χ2v) is 7.11. The van der Waals surface area contributed by atoms with E-state index in [0.29, 0.717) is 5.25 Å². The van der Waals surface area contributed by atoms with E-state index in [1.165, 1.54) is 5.56 Å². The Hall–Kier alpha value is -0.670. The second kappa shape index (κ2) is 5.60. The van der Waals surface area contributed by atoms with Crippen molar-refractivity contribution < 1.29 is 4.84 Å². The summed E-state index contributed by atoms with van der Waals surface area (Å²) in [6, 6.07) is 7.94. The normalized spacial score (nSPS) is 11.9. The molecule has 1 rings (SSSR count). The SMILES string of the molecule is CC(C)SC(C)(C)Cc1ccccc1ON. The molecule has 16 heavy (non-hydrogen) atoms. The maximum Gasteiger partial charge on any atom is 0.150 e. The quantitative estimate of drug-likeness (QED) is 0.800. The second-order valence-electron chi connectivity index (χ2n) is 4.83. The Kier molecular flexibility index (Phi) is 4.69. The van der Waals surface area contributed by atoms with Crippen LogP contribution in [0.4, 0.5) is 0 Å². The molecule has 1 aromatic carbocycles. The summed E-state index contributed by atoms with van der Waals surface area (Å²) in [5.41, 5.74) is 1.17. The van der Waals surface area contributed by atoms with Gasteiger partial charge in [-0.3, -0.25) is 0 Å². The van der Waals surface area contributed by atoms with E-state index in [9.17, 15) is 0 Å². The van der Waals surface area contributed by atoms with Gasteiger partial charge in [0.1, 0.15) is 5.75 Å². The van der Waals surface area contributed by atoms with Crippen LogP contribution in [0.15, 0.2) is 24.3 Å². The summed E-state index contributed by atoms with van der Waals surface area (Å²) in [5, 5.41) is 0.626. The summed E-state index contributed by atoms with van der Waals surface area (Å²) in [7, 11) is 0. The van der Waals surface area contributed by atoms with E-state index in [1.54, 1.807) is 0 Å². The Morgan fingerprint density at radius 3 is 2.50 bits per heavy atom. The molecule has 1 aromatic rings. The molecule has 90 valence electrons. The van der Waals surface area contributed by atoms with E-state index in [1.807, 2.05) is 30.0 Å². The van der Waals surface area contributed by atoms with E-state index < -0.39 is 0 Å². The van der Waals surface area contributed by atoms with Gasteiger partial charge in [0, 0.05) is 4.75 Å². The van der Waals surface area contributed by atoms with Gasteiger partial charge in [-0.1, -0.05) is 45.9 Å². The number of hydrogen-bond donors (Lipinski definition) is 1. The van der Waals surface area contributed by atoms with Crippen LogP contribution in [-0.4, -0.2) is 10.00 Å². The van der Waals surface area contributed by atoms with E-state index >= 15 is 0 Å². The topological polar surface area (TPSA) is 35.2 Å². The highest BCUT2D eigenvalue weighted by Crippen LogP contribution is 2.34. The van der Waals surface area contributed by atoms with Crippen molar-refractivity contribution in [2.45, 2.75) is 44.1 Å². The summed E-state index contributed by atoms with van der Waals surface area (Å²) in [5.74, 6) is 6.04. The number of rotatable bonds is 5. The van der Waals surface area contributed by atoms with Gasteiger partial charge in [0.2, 0.25) is 0 Å². The predicted octanol–water partition coefficient (Wildman–Crippen LogP) is 3.40. The van der Waals surface area contributed by atoms with Crippen LogP contribution >= 0.6 is 11.8 Å². The number of para-hydroxylation sites is 1. The Balaban J connectivity index is 2.78. The Morgan fingerprint density at radius 2 is 1.94 bits per heavy atom. The molecule has 0 heterocycles. The largest absolute Gasteiger partial charge is 0.411 e. The highest BCUT2D eigenvalue weighted by atomic mass is 32.2. The zero-order valence-corrected chi connectivity index (χ0v) is 11.3. The van der Waals surface area contributed by atoms with Crippen molar-refractivity contribution in [2.75, 3.05) is 0 Å². The maximum atomic E-state index is 5.26. The van der Waals surface area contributed by atoms with Crippen molar-refractivity contribution in [3.8, 4) is 5.75 Å². The lowest BCUT2D eigenvalue weighted by Crippen LogP contribution is -2.21. The number of nitrogens with two attached hydrogens (primary N) is 1. The van der Waals surface area contributed by atoms with Gasteiger partial charge in [-0.25, -0.2) is 0 Å². The Bertz CT molecular complexity index is 336. The fraction of sp³-hybridized carbons (Fsp3) is 0.538. The van der Waals surface area contributed by atoms with Gasteiger partial charge in [-0.2, -0.15) is 17.7 Å². The number of thioether (sulfide) groups is 1. The van der Waals surface area contributed by atoms with Crippen molar-refractivity contribution in [1.82, 2.24) is 0 Å². The highest BCUT2D eigenvalue weighted by Gasteiger charge is 2.22. The lowest BCUT2D eigenvalue weighted by molar-refractivity contribution is 0.330. The minimum Gasteiger partial charge on any atom is -0.411 e. The predicted molar refractivity (Wildman–Crippen MR) is 71.8 cm³/mol. The van der Waals surface area contributed by atoms with Gasteiger partial charge in [-0.05, 0) is 23.3 Å². The number of hydrogen-bond acceptors (Lipinski definition) is 3. The molecule has 0 bridgehead atoms. The Morgan fingerprint density at radius 1 is 1.31 bits per heavy atom. The zero-order chi connectivity index (χ0) is 12.2. The molecule has 0 aliphatic rings. The van der Waals surface area contributed by atoms with Gasteiger partial charge < -0.3 is 4.84 Å². The highest BCUT2D eigenvalue weighted by molar-refractivity contribution is 8.01. The monoisotopic (exact) mass is 239 g/mol. The first-order valence-electron chi connectivity index (χ1n) is 5.57. The van der Waals surface area contributed by atoms with Crippen LogP contribution in [0.5, 0.6) is 5.75 Å². The summed E-state index contributed by atoms with van der Waals surface area (Å²) in [6.45, 7) is 8.95. The van der Waals surface area contributed by atoms with Crippen LogP contribution in [0, 0.1) is 0 Å². The average molecular weight is 239 g/mol. The van der Waals surface area contributed by atoms with Crippen LogP contribution < -0.4 is 10.7 Å². The van der Waals surface area contributed by atoms with Crippen LogP contribution in [0.25, 0.3) is 0 Å². The van der Waals surface area contributed by atoms with Crippen LogP contribution in [0.2, 0.25) is 0 Å². The molecule has 0 radical (unpaired) electrons. The summed E-state index contributed by atoms with van der Waals surface area (Å²) in [4.78, 5) is 4.89. The lowest BCUT2D eigenvalue weighted by atomic mass is 10.0. The third-order valence-electron chi connectivity index (χ3n) is 2.27. The average Bonchev–Trinajstić information content (AvgIpc) is 2.15.